The van der Waals surface area contributed by atoms with Crippen LogP contribution in [0.5, 0.6) is 0 Å². The van der Waals surface area contributed by atoms with Crippen LogP contribution in [0.3, 0.4) is 0 Å². The third-order valence-corrected chi connectivity index (χ3v) is 2.11. The summed E-state index contributed by atoms with van der Waals surface area (Å²) in [5.41, 5.74) is 5.37. The molecule has 0 spiro atoms. The van der Waals surface area contributed by atoms with Gasteiger partial charge < -0.3 is 5.73 Å². The van der Waals surface area contributed by atoms with E-state index < -0.39 is 5.91 Å². The highest BCUT2D eigenvalue weighted by Gasteiger charge is 2.07. The van der Waals surface area contributed by atoms with E-state index in [4.69, 9.17) is 5.73 Å². The summed E-state index contributed by atoms with van der Waals surface area (Å²) < 4.78 is 0.933. The van der Waals surface area contributed by atoms with E-state index in [1.165, 1.54) is 6.33 Å². The summed E-state index contributed by atoms with van der Waals surface area (Å²) in [7, 11) is 0. The number of nitrogens with two attached hydrogens (primary N) is 1. The molecule has 15 heavy (non-hydrogen) atoms. The van der Waals surface area contributed by atoms with E-state index in [-0.39, 0.29) is 12.1 Å². The highest BCUT2D eigenvalue weighted by molar-refractivity contribution is 5.84. The first kappa shape index (κ1) is 9.54. The Balaban J connectivity index is 2.76. The molecule has 0 amide bonds. The fourth-order valence-corrected chi connectivity index (χ4v) is 1.35. The van der Waals surface area contributed by atoms with Crippen LogP contribution in [0, 0.1) is 0 Å². The Bertz CT molecular complexity index is 574. The van der Waals surface area contributed by atoms with E-state index in [2.05, 4.69) is 4.98 Å². The van der Waals surface area contributed by atoms with E-state index >= 15 is 0 Å². The minimum absolute atomic E-state index is 0.208. The molecule has 0 atom stereocenters. The standard InChI is InChI=1S/C10H9N3O2/c11-5-9(14)13-6-12-8-4-2-1-3-7(8)10(13)15/h1-4,6H,5,11H2. The molecule has 1 aromatic heterocycles. The number of hydrogen-bond acceptors (Lipinski definition) is 4. The molecular weight excluding hydrogens is 194 g/mol. The van der Waals surface area contributed by atoms with Crippen molar-refractivity contribution in [3.8, 4) is 0 Å². The first-order valence-electron chi connectivity index (χ1n) is 4.43. The molecule has 0 aliphatic heterocycles. The Hall–Kier alpha value is -2.01. The van der Waals surface area contributed by atoms with Crippen LogP contribution in [0.25, 0.3) is 10.9 Å². The second-order valence-electron chi connectivity index (χ2n) is 3.03. The maximum Gasteiger partial charge on any atom is 0.268 e. The number of nitrogens with zero attached hydrogens (tertiary/aromatic N) is 2. The van der Waals surface area contributed by atoms with Gasteiger partial charge in [0.15, 0.2) is 0 Å². The van der Waals surface area contributed by atoms with E-state index in [0.717, 1.165) is 4.57 Å². The molecule has 0 bridgehead atoms. The lowest BCUT2D eigenvalue weighted by Crippen LogP contribution is -2.31. The van der Waals surface area contributed by atoms with Gasteiger partial charge in [-0.1, -0.05) is 12.1 Å². The van der Waals surface area contributed by atoms with Crippen molar-refractivity contribution < 1.29 is 4.79 Å². The molecule has 0 saturated heterocycles. The maximum absolute atomic E-state index is 11.8. The van der Waals surface area contributed by atoms with E-state index in [0.29, 0.717) is 10.9 Å². The summed E-state index contributed by atoms with van der Waals surface area (Å²) in [5.74, 6) is -0.460. The minimum atomic E-state index is -0.460. The van der Waals surface area contributed by atoms with Crippen molar-refractivity contribution in [2.75, 3.05) is 6.54 Å². The average molecular weight is 203 g/mol. The predicted octanol–water partition coefficient (Wildman–Crippen LogP) is -0.00460. The summed E-state index contributed by atoms with van der Waals surface area (Å²) in [6.07, 6.45) is 1.21. The fourth-order valence-electron chi connectivity index (χ4n) is 1.35. The monoisotopic (exact) mass is 203 g/mol. The summed E-state index contributed by atoms with van der Waals surface area (Å²) in [5, 5.41) is 0.418. The van der Waals surface area contributed by atoms with Gasteiger partial charge in [-0.05, 0) is 12.1 Å². The number of rotatable bonds is 1. The van der Waals surface area contributed by atoms with E-state index in [9.17, 15) is 9.59 Å². The van der Waals surface area contributed by atoms with Crippen molar-refractivity contribution in [1.82, 2.24) is 9.55 Å². The van der Waals surface area contributed by atoms with Crippen LogP contribution in [-0.2, 0) is 0 Å². The van der Waals surface area contributed by atoms with Gasteiger partial charge in [-0.15, -0.1) is 0 Å². The van der Waals surface area contributed by atoms with Gasteiger partial charge in [0.1, 0.15) is 6.33 Å². The maximum atomic E-state index is 11.8. The first-order chi connectivity index (χ1) is 7.24. The topological polar surface area (TPSA) is 78.0 Å². The van der Waals surface area contributed by atoms with Crippen molar-refractivity contribution >= 4 is 16.8 Å². The number of aromatic nitrogens is 2. The summed E-state index contributed by atoms with van der Waals surface area (Å²) in [6.45, 7) is -0.208. The van der Waals surface area contributed by atoms with Crippen molar-refractivity contribution in [3.05, 3.63) is 40.9 Å². The molecule has 0 radical (unpaired) electrons. The Labute approximate surface area is 85.2 Å². The number of carbonyl (C=O) groups is 1. The van der Waals surface area contributed by atoms with Gasteiger partial charge in [-0.25, -0.2) is 9.55 Å². The van der Waals surface area contributed by atoms with Crippen molar-refractivity contribution in [2.24, 2.45) is 5.73 Å². The Morgan fingerprint density at radius 1 is 1.40 bits per heavy atom. The Morgan fingerprint density at radius 2 is 2.13 bits per heavy atom. The highest BCUT2D eigenvalue weighted by Crippen LogP contribution is 2.04. The van der Waals surface area contributed by atoms with Crippen LogP contribution in [-0.4, -0.2) is 22.0 Å². The molecule has 0 fully saturated rings. The highest BCUT2D eigenvalue weighted by atomic mass is 16.2. The zero-order valence-electron chi connectivity index (χ0n) is 7.88. The van der Waals surface area contributed by atoms with Crippen LogP contribution in [0.4, 0.5) is 0 Å². The predicted molar refractivity (Wildman–Crippen MR) is 55.7 cm³/mol. The Kier molecular flexibility index (Phi) is 2.31. The largest absolute Gasteiger partial charge is 0.322 e. The zero-order chi connectivity index (χ0) is 10.8. The fraction of sp³-hybridized carbons (Fsp3) is 0.100. The van der Waals surface area contributed by atoms with Gasteiger partial charge >= 0.3 is 0 Å². The molecule has 1 aromatic carbocycles. The van der Waals surface area contributed by atoms with Crippen molar-refractivity contribution in [3.63, 3.8) is 0 Å². The molecule has 2 aromatic rings. The van der Waals surface area contributed by atoms with E-state index in [1.54, 1.807) is 24.3 Å². The second kappa shape index (κ2) is 3.62. The average Bonchev–Trinajstić information content (AvgIpc) is 2.29. The minimum Gasteiger partial charge on any atom is -0.322 e. The molecular formula is C10H9N3O2. The first-order valence-corrected chi connectivity index (χ1v) is 4.43. The van der Waals surface area contributed by atoms with Gasteiger partial charge in [-0.3, -0.25) is 9.59 Å². The van der Waals surface area contributed by atoms with Crippen molar-refractivity contribution in [2.45, 2.75) is 0 Å². The number of benzene rings is 1. The van der Waals surface area contributed by atoms with Gasteiger partial charge in [0.25, 0.3) is 5.56 Å². The number of carbonyl (C=O) groups excluding carboxylic acids is 1. The quantitative estimate of drug-likeness (QED) is 0.707. The summed E-state index contributed by atoms with van der Waals surface area (Å²) in [6, 6.07) is 6.85. The van der Waals surface area contributed by atoms with Gasteiger partial charge in [0, 0.05) is 0 Å². The van der Waals surface area contributed by atoms with Crippen LogP contribution in [0.2, 0.25) is 0 Å². The lowest BCUT2D eigenvalue weighted by Gasteiger charge is -2.02. The number of hydrogen-bond donors (Lipinski definition) is 1. The summed E-state index contributed by atoms with van der Waals surface area (Å²) in [4.78, 5) is 27.0. The lowest BCUT2D eigenvalue weighted by atomic mass is 10.2. The molecule has 5 nitrogen and oxygen atoms in total. The third-order valence-electron chi connectivity index (χ3n) is 2.11. The third kappa shape index (κ3) is 1.53. The molecule has 5 heteroatoms. The lowest BCUT2D eigenvalue weighted by molar-refractivity contribution is 0.0918. The van der Waals surface area contributed by atoms with Crippen molar-refractivity contribution in [1.29, 1.82) is 0 Å². The number of para-hydroxylation sites is 1. The van der Waals surface area contributed by atoms with Crippen LogP contribution < -0.4 is 11.3 Å². The van der Waals surface area contributed by atoms with E-state index in [1.807, 2.05) is 0 Å². The Morgan fingerprint density at radius 3 is 2.87 bits per heavy atom. The van der Waals surface area contributed by atoms with Gasteiger partial charge in [-0.2, -0.15) is 0 Å². The van der Waals surface area contributed by atoms with Crippen LogP contribution >= 0.6 is 0 Å². The summed E-state index contributed by atoms with van der Waals surface area (Å²) >= 11 is 0. The second-order valence-corrected chi connectivity index (χ2v) is 3.03. The SMILES string of the molecule is NCC(=O)n1cnc2ccccc2c1=O. The molecule has 1 heterocycles. The normalized spacial score (nSPS) is 10.5. The molecule has 0 unspecified atom stereocenters. The van der Waals surface area contributed by atoms with Gasteiger partial charge in [0.05, 0.1) is 17.4 Å². The zero-order valence-corrected chi connectivity index (χ0v) is 7.88. The molecule has 0 saturated carbocycles. The molecule has 2 rings (SSSR count). The smallest absolute Gasteiger partial charge is 0.268 e. The molecule has 0 aliphatic carbocycles. The van der Waals surface area contributed by atoms with Gasteiger partial charge in [0.2, 0.25) is 5.91 Å². The molecule has 2 N–H and O–H groups in total. The molecule has 76 valence electrons. The number of fused-ring (bicyclic) bond motifs is 1. The van der Waals surface area contributed by atoms with Crippen LogP contribution in [0.1, 0.15) is 4.79 Å². The van der Waals surface area contributed by atoms with Crippen LogP contribution in [0.15, 0.2) is 35.4 Å². The molecule has 0 aliphatic rings.